The second-order valence-corrected chi connectivity index (χ2v) is 8.85. The third-order valence-electron chi connectivity index (χ3n) is 5.07. The molecule has 1 aliphatic rings. The molecule has 3 heteroatoms. The van der Waals surface area contributed by atoms with Crippen molar-refractivity contribution in [2.75, 3.05) is 0 Å². The number of hydrogen-bond acceptors (Lipinski definition) is 3. The predicted octanol–water partition coefficient (Wildman–Crippen LogP) is 5.42. The van der Waals surface area contributed by atoms with Crippen molar-refractivity contribution in [2.24, 2.45) is 0 Å². The monoisotopic (exact) mass is 329 g/mol. The number of ether oxygens (including phenoxy) is 1. The standard InChI is InChI=1S/C21H31NO2/c1-7-21(5,6)19-11-14-10-16(8-9-18(14)24-19)23-17-12-15(13-17)22-20(2,3)4/h8-11,15,17,22H,7,12-13H2,1-6H3/t15-,17+. The molecule has 1 saturated carbocycles. The lowest BCUT2D eigenvalue weighted by molar-refractivity contribution is 0.0735. The van der Waals surface area contributed by atoms with Crippen molar-refractivity contribution in [3.05, 3.63) is 30.0 Å². The Morgan fingerprint density at radius 3 is 2.46 bits per heavy atom. The van der Waals surface area contributed by atoms with Crippen molar-refractivity contribution in [1.82, 2.24) is 5.32 Å². The van der Waals surface area contributed by atoms with E-state index in [0.717, 1.165) is 41.7 Å². The minimum atomic E-state index is 0.0693. The second kappa shape index (κ2) is 6.11. The summed E-state index contributed by atoms with van der Waals surface area (Å²) in [4.78, 5) is 0. The zero-order chi connectivity index (χ0) is 17.5. The lowest BCUT2D eigenvalue weighted by atomic mass is 9.87. The summed E-state index contributed by atoms with van der Waals surface area (Å²) in [6, 6.07) is 8.90. The van der Waals surface area contributed by atoms with Gasteiger partial charge in [-0.25, -0.2) is 0 Å². The first-order valence-electron chi connectivity index (χ1n) is 9.15. The first-order chi connectivity index (χ1) is 11.2. The Hall–Kier alpha value is -1.48. The van der Waals surface area contributed by atoms with Crippen LogP contribution in [0, 0.1) is 0 Å². The molecule has 2 aromatic rings. The Balaban J connectivity index is 1.65. The van der Waals surface area contributed by atoms with E-state index in [-0.39, 0.29) is 11.0 Å². The van der Waals surface area contributed by atoms with Crippen LogP contribution >= 0.6 is 0 Å². The lowest BCUT2D eigenvalue weighted by Crippen LogP contribution is -2.53. The Bertz CT molecular complexity index is 702. The maximum atomic E-state index is 6.14. The van der Waals surface area contributed by atoms with Crippen LogP contribution < -0.4 is 10.1 Å². The lowest BCUT2D eigenvalue weighted by Gasteiger charge is -2.40. The first kappa shape index (κ1) is 17.3. The molecule has 1 fully saturated rings. The molecule has 3 nitrogen and oxygen atoms in total. The summed E-state index contributed by atoms with van der Waals surface area (Å²) in [5, 5.41) is 4.76. The van der Waals surface area contributed by atoms with Crippen molar-refractivity contribution in [1.29, 1.82) is 0 Å². The molecule has 0 atom stereocenters. The van der Waals surface area contributed by atoms with Gasteiger partial charge in [0.25, 0.3) is 0 Å². The summed E-state index contributed by atoms with van der Waals surface area (Å²) in [7, 11) is 0. The van der Waals surface area contributed by atoms with Gasteiger partial charge in [-0.15, -0.1) is 0 Å². The Kier molecular flexibility index (Phi) is 4.41. The van der Waals surface area contributed by atoms with E-state index < -0.39 is 0 Å². The molecular formula is C21H31NO2. The molecule has 1 aromatic heterocycles. The van der Waals surface area contributed by atoms with Crippen LogP contribution in [0.5, 0.6) is 5.75 Å². The summed E-state index contributed by atoms with van der Waals surface area (Å²) in [5.41, 5.74) is 1.19. The summed E-state index contributed by atoms with van der Waals surface area (Å²) in [5.74, 6) is 2.00. The zero-order valence-corrected chi connectivity index (χ0v) is 15.9. The van der Waals surface area contributed by atoms with E-state index in [4.69, 9.17) is 9.15 Å². The van der Waals surface area contributed by atoms with Gasteiger partial charge in [-0.05, 0) is 64.3 Å². The third-order valence-corrected chi connectivity index (χ3v) is 5.07. The van der Waals surface area contributed by atoms with E-state index in [1.165, 1.54) is 0 Å². The molecule has 0 amide bonds. The van der Waals surface area contributed by atoms with Gasteiger partial charge in [0.1, 0.15) is 23.2 Å². The Labute approximate surface area is 145 Å². The molecule has 1 aliphatic carbocycles. The van der Waals surface area contributed by atoms with Gasteiger partial charge in [-0.2, -0.15) is 0 Å². The zero-order valence-electron chi connectivity index (χ0n) is 15.9. The quantitative estimate of drug-likeness (QED) is 0.795. The van der Waals surface area contributed by atoms with Crippen LogP contribution in [0.1, 0.15) is 66.6 Å². The topological polar surface area (TPSA) is 34.4 Å². The smallest absolute Gasteiger partial charge is 0.134 e. The summed E-state index contributed by atoms with van der Waals surface area (Å²) in [6.45, 7) is 13.3. The molecule has 3 rings (SSSR count). The maximum Gasteiger partial charge on any atom is 0.134 e. The van der Waals surface area contributed by atoms with E-state index in [9.17, 15) is 0 Å². The van der Waals surface area contributed by atoms with Crippen LogP contribution in [-0.2, 0) is 5.41 Å². The van der Waals surface area contributed by atoms with Crippen molar-refractivity contribution >= 4 is 11.0 Å². The number of benzene rings is 1. The van der Waals surface area contributed by atoms with E-state index in [1.54, 1.807) is 0 Å². The highest BCUT2D eigenvalue weighted by molar-refractivity contribution is 5.79. The number of hydrogen-bond donors (Lipinski definition) is 1. The molecule has 132 valence electrons. The molecule has 1 aromatic carbocycles. The Morgan fingerprint density at radius 2 is 1.83 bits per heavy atom. The fraction of sp³-hybridized carbons (Fsp3) is 0.619. The van der Waals surface area contributed by atoms with Crippen LogP contribution in [0.3, 0.4) is 0 Å². The van der Waals surface area contributed by atoms with Gasteiger partial charge >= 0.3 is 0 Å². The predicted molar refractivity (Wildman–Crippen MR) is 99.9 cm³/mol. The highest BCUT2D eigenvalue weighted by atomic mass is 16.5. The van der Waals surface area contributed by atoms with Crippen LogP contribution in [0.2, 0.25) is 0 Å². The van der Waals surface area contributed by atoms with Gasteiger partial charge in [-0.1, -0.05) is 20.8 Å². The summed E-state index contributed by atoms with van der Waals surface area (Å²) >= 11 is 0. The van der Waals surface area contributed by atoms with Gasteiger partial charge in [0, 0.05) is 22.4 Å². The number of rotatable bonds is 5. The van der Waals surface area contributed by atoms with E-state index in [1.807, 2.05) is 12.1 Å². The second-order valence-electron chi connectivity index (χ2n) is 8.85. The normalized spacial score (nSPS) is 21.8. The molecular weight excluding hydrogens is 298 g/mol. The van der Waals surface area contributed by atoms with Crippen molar-refractivity contribution in [3.8, 4) is 5.75 Å². The van der Waals surface area contributed by atoms with E-state index >= 15 is 0 Å². The Morgan fingerprint density at radius 1 is 1.12 bits per heavy atom. The minimum Gasteiger partial charge on any atom is -0.490 e. The number of nitrogens with one attached hydrogen (secondary N) is 1. The molecule has 24 heavy (non-hydrogen) atoms. The molecule has 0 radical (unpaired) electrons. The van der Waals surface area contributed by atoms with Crippen LogP contribution in [0.15, 0.2) is 28.7 Å². The average molecular weight is 329 g/mol. The molecule has 0 spiro atoms. The van der Waals surface area contributed by atoms with Crippen molar-refractivity contribution < 1.29 is 9.15 Å². The fourth-order valence-electron chi connectivity index (χ4n) is 3.19. The molecule has 0 unspecified atom stereocenters. The molecule has 0 aliphatic heterocycles. The van der Waals surface area contributed by atoms with Gasteiger partial charge in [-0.3, -0.25) is 0 Å². The largest absolute Gasteiger partial charge is 0.490 e. The summed E-state index contributed by atoms with van der Waals surface area (Å²) < 4.78 is 12.2. The molecule has 1 N–H and O–H groups in total. The fourth-order valence-corrected chi connectivity index (χ4v) is 3.19. The SMILES string of the molecule is CCC(C)(C)c1cc2cc(O[C@H]3C[C@@H](NC(C)(C)C)C3)ccc2o1. The van der Waals surface area contributed by atoms with Crippen molar-refractivity contribution in [2.45, 2.75) is 83.9 Å². The maximum absolute atomic E-state index is 6.14. The molecule has 0 bridgehead atoms. The van der Waals surface area contributed by atoms with Crippen LogP contribution in [0.25, 0.3) is 11.0 Å². The van der Waals surface area contributed by atoms with Gasteiger partial charge in [0.05, 0.1) is 0 Å². The van der Waals surface area contributed by atoms with Gasteiger partial charge in [0.15, 0.2) is 0 Å². The van der Waals surface area contributed by atoms with Gasteiger partial charge in [0.2, 0.25) is 0 Å². The third kappa shape index (κ3) is 3.77. The van der Waals surface area contributed by atoms with Crippen LogP contribution in [-0.4, -0.2) is 17.7 Å². The van der Waals surface area contributed by atoms with Gasteiger partial charge < -0.3 is 14.5 Å². The average Bonchev–Trinajstić information content (AvgIpc) is 2.87. The highest BCUT2D eigenvalue weighted by Gasteiger charge is 2.33. The molecule has 1 heterocycles. The number of fused-ring (bicyclic) bond motifs is 1. The van der Waals surface area contributed by atoms with Crippen LogP contribution in [0.4, 0.5) is 0 Å². The number of furan rings is 1. The highest BCUT2D eigenvalue weighted by Crippen LogP contribution is 2.34. The first-order valence-corrected chi connectivity index (χ1v) is 9.15. The van der Waals surface area contributed by atoms with E-state index in [2.05, 4.69) is 59.0 Å². The molecule has 0 saturated heterocycles. The van der Waals surface area contributed by atoms with Crippen molar-refractivity contribution in [3.63, 3.8) is 0 Å². The minimum absolute atomic E-state index is 0.0693. The van der Waals surface area contributed by atoms with E-state index in [0.29, 0.717) is 12.1 Å². The summed E-state index contributed by atoms with van der Waals surface area (Å²) in [6.07, 6.45) is 3.53.